The third-order valence-corrected chi connectivity index (χ3v) is 4.42. The van der Waals surface area contributed by atoms with Gasteiger partial charge in [-0.15, -0.1) is 0 Å². The van der Waals surface area contributed by atoms with Crippen molar-refractivity contribution in [3.05, 3.63) is 35.6 Å². The number of likely N-dealkylation sites (N-methyl/N-ethyl adjacent to an activating group) is 2. The molecule has 1 saturated heterocycles. The van der Waals surface area contributed by atoms with Crippen molar-refractivity contribution in [3.63, 3.8) is 0 Å². The zero-order valence-electron chi connectivity index (χ0n) is 12.6. The van der Waals surface area contributed by atoms with Gasteiger partial charge in [0.2, 0.25) is 0 Å². The van der Waals surface area contributed by atoms with E-state index >= 15 is 0 Å². The molecule has 4 heteroatoms. The molecule has 0 bridgehead atoms. The first kappa shape index (κ1) is 15.4. The van der Waals surface area contributed by atoms with Crippen molar-refractivity contribution >= 4 is 0 Å². The molecule has 2 rings (SSSR count). The molecular weight excluding hydrogens is 253 g/mol. The summed E-state index contributed by atoms with van der Waals surface area (Å²) in [4.78, 5) is 4.71. The Labute approximate surface area is 121 Å². The monoisotopic (exact) mass is 279 g/mol. The second-order valence-electron chi connectivity index (χ2n) is 5.64. The molecule has 2 N–H and O–H groups in total. The van der Waals surface area contributed by atoms with E-state index in [1.165, 1.54) is 25.5 Å². The lowest BCUT2D eigenvalue weighted by Crippen LogP contribution is -2.42. The molecule has 1 aliphatic heterocycles. The maximum atomic E-state index is 14.0. The van der Waals surface area contributed by atoms with Crippen LogP contribution in [0.5, 0.6) is 0 Å². The zero-order valence-corrected chi connectivity index (χ0v) is 12.6. The van der Waals surface area contributed by atoms with Gasteiger partial charge in [0.15, 0.2) is 0 Å². The van der Waals surface area contributed by atoms with Crippen molar-refractivity contribution in [2.45, 2.75) is 31.8 Å². The Bertz CT molecular complexity index is 424. The molecule has 2 atom stereocenters. The summed E-state index contributed by atoms with van der Waals surface area (Å²) < 4.78 is 14.0. The lowest BCUT2D eigenvalue weighted by molar-refractivity contribution is 0.164. The summed E-state index contributed by atoms with van der Waals surface area (Å²) in [5.41, 5.74) is 6.60. The second-order valence-corrected chi connectivity index (χ2v) is 5.64. The molecule has 0 aromatic heterocycles. The predicted molar refractivity (Wildman–Crippen MR) is 81.1 cm³/mol. The van der Waals surface area contributed by atoms with Gasteiger partial charge < -0.3 is 5.73 Å². The lowest BCUT2D eigenvalue weighted by atomic mass is 10.0. The number of hydrogen-bond acceptors (Lipinski definition) is 3. The van der Waals surface area contributed by atoms with E-state index in [9.17, 15) is 4.39 Å². The molecule has 1 fully saturated rings. The lowest BCUT2D eigenvalue weighted by Gasteiger charge is -2.33. The minimum absolute atomic E-state index is 0.0458. The molecule has 0 aliphatic carbocycles. The number of hydrogen-bond donors (Lipinski definition) is 1. The molecule has 0 spiro atoms. The van der Waals surface area contributed by atoms with Gasteiger partial charge in [-0.25, -0.2) is 4.39 Å². The van der Waals surface area contributed by atoms with Crippen molar-refractivity contribution in [1.82, 2.24) is 9.80 Å². The van der Waals surface area contributed by atoms with Gasteiger partial charge in [-0.2, -0.15) is 0 Å². The number of nitrogens with two attached hydrogens (primary N) is 1. The van der Waals surface area contributed by atoms with Gasteiger partial charge >= 0.3 is 0 Å². The van der Waals surface area contributed by atoms with Crippen LogP contribution >= 0.6 is 0 Å². The Hall–Kier alpha value is -0.970. The molecule has 0 radical (unpaired) electrons. The third kappa shape index (κ3) is 3.37. The first-order valence-electron chi connectivity index (χ1n) is 7.56. The molecule has 1 aliphatic rings. The van der Waals surface area contributed by atoms with Crippen LogP contribution in [-0.2, 0) is 0 Å². The van der Waals surface area contributed by atoms with E-state index in [4.69, 9.17) is 5.73 Å². The molecule has 20 heavy (non-hydrogen) atoms. The zero-order chi connectivity index (χ0) is 14.5. The molecule has 112 valence electrons. The summed E-state index contributed by atoms with van der Waals surface area (Å²) >= 11 is 0. The van der Waals surface area contributed by atoms with E-state index in [1.54, 1.807) is 6.07 Å². The summed E-state index contributed by atoms with van der Waals surface area (Å²) in [7, 11) is 2.05. The van der Waals surface area contributed by atoms with E-state index in [0.717, 1.165) is 13.1 Å². The first-order chi connectivity index (χ1) is 9.67. The van der Waals surface area contributed by atoms with E-state index < -0.39 is 0 Å². The van der Waals surface area contributed by atoms with Gasteiger partial charge in [-0.05, 0) is 39.0 Å². The van der Waals surface area contributed by atoms with Crippen molar-refractivity contribution < 1.29 is 4.39 Å². The maximum absolute atomic E-state index is 14.0. The standard InChI is InChI=1S/C16H26FN3/c1-3-20-10-6-7-13(20)12-19(2)16(11-18)14-8-4-5-9-15(14)17/h4-5,8-9,13,16H,3,6-7,10-12,18H2,1-2H3. The fraction of sp³-hybridized carbons (Fsp3) is 0.625. The van der Waals surface area contributed by atoms with E-state index in [-0.39, 0.29) is 11.9 Å². The van der Waals surface area contributed by atoms with Crippen LogP contribution in [0.25, 0.3) is 0 Å². The summed E-state index contributed by atoms with van der Waals surface area (Å²) in [6.07, 6.45) is 2.49. The molecule has 0 amide bonds. The number of rotatable bonds is 6. The van der Waals surface area contributed by atoms with Crippen LogP contribution in [0.4, 0.5) is 4.39 Å². The summed E-state index contributed by atoms with van der Waals surface area (Å²) in [5, 5.41) is 0. The topological polar surface area (TPSA) is 32.5 Å². The molecular formula is C16H26FN3. The van der Waals surface area contributed by atoms with E-state index in [1.807, 2.05) is 12.1 Å². The fourth-order valence-electron chi connectivity index (χ4n) is 3.27. The number of halogens is 1. The van der Waals surface area contributed by atoms with Gasteiger partial charge in [0, 0.05) is 30.7 Å². The number of benzene rings is 1. The highest BCUT2D eigenvalue weighted by atomic mass is 19.1. The average Bonchev–Trinajstić information content (AvgIpc) is 2.89. The highest BCUT2D eigenvalue weighted by Gasteiger charge is 2.27. The van der Waals surface area contributed by atoms with Crippen molar-refractivity contribution in [2.24, 2.45) is 5.73 Å². The Morgan fingerprint density at radius 1 is 1.45 bits per heavy atom. The molecule has 0 saturated carbocycles. The van der Waals surface area contributed by atoms with Crippen molar-refractivity contribution in [1.29, 1.82) is 0 Å². The molecule has 3 nitrogen and oxygen atoms in total. The quantitative estimate of drug-likeness (QED) is 0.867. The minimum Gasteiger partial charge on any atom is -0.329 e. The Morgan fingerprint density at radius 2 is 2.20 bits per heavy atom. The maximum Gasteiger partial charge on any atom is 0.128 e. The normalized spacial score (nSPS) is 21.6. The second kappa shape index (κ2) is 7.16. The molecule has 2 unspecified atom stereocenters. The predicted octanol–water partition coefficient (Wildman–Crippen LogP) is 2.24. The fourth-order valence-corrected chi connectivity index (χ4v) is 3.27. The largest absolute Gasteiger partial charge is 0.329 e. The van der Waals surface area contributed by atoms with Gasteiger partial charge in [-0.1, -0.05) is 25.1 Å². The van der Waals surface area contributed by atoms with Gasteiger partial charge in [0.05, 0.1) is 0 Å². The highest BCUT2D eigenvalue weighted by Crippen LogP contribution is 2.24. The molecule has 1 heterocycles. The van der Waals surface area contributed by atoms with Crippen LogP contribution in [0.2, 0.25) is 0 Å². The van der Waals surface area contributed by atoms with Gasteiger partial charge in [-0.3, -0.25) is 9.80 Å². The SMILES string of the molecule is CCN1CCCC1CN(C)C(CN)c1ccccc1F. The van der Waals surface area contributed by atoms with Gasteiger partial charge in [0.25, 0.3) is 0 Å². The van der Waals surface area contributed by atoms with Crippen LogP contribution in [0.1, 0.15) is 31.4 Å². The van der Waals surface area contributed by atoms with Crippen LogP contribution in [0, 0.1) is 5.82 Å². The highest BCUT2D eigenvalue weighted by molar-refractivity contribution is 5.21. The summed E-state index contributed by atoms with van der Waals surface area (Å²) in [6.45, 7) is 5.86. The molecule has 1 aromatic carbocycles. The van der Waals surface area contributed by atoms with Crippen LogP contribution < -0.4 is 5.73 Å². The minimum atomic E-state index is -0.159. The molecule has 1 aromatic rings. The third-order valence-electron chi connectivity index (χ3n) is 4.42. The smallest absolute Gasteiger partial charge is 0.128 e. The Kier molecular flexibility index (Phi) is 5.52. The van der Waals surface area contributed by atoms with Crippen LogP contribution in [0.15, 0.2) is 24.3 Å². The average molecular weight is 279 g/mol. The number of likely N-dealkylation sites (tertiary alicyclic amines) is 1. The Morgan fingerprint density at radius 3 is 2.85 bits per heavy atom. The van der Waals surface area contributed by atoms with Crippen LogP contribution in [-0.4, -0.2) is 49.1 Å². The van der Waals surface area contributed by atoms with Crippen LogP contribution in [0.3, 0.4) is 0 Å². The van der Waals surface area contributed by atoms with Crippen molar-refractivity contribution in [2.75, 3.05) is 33.2 Å². The number of nitrogens with zero attached hydrogens (tertiary/aromatic N) is 2. The summed E-state index contributed by atoms with van der Waals surface area (Å²) in [5.74, 6) is -0.159. The first-order valence-corrected chi connectivity index (χ1v) is 7.56. The van der Waals surface area contributed by atoms with E-state index in [0.29, 0.717) is 18.2 Å². The Balaban J connectivity index is 2.06. The summed E-state index contributed by atoms with van der Waals surface area (Å²) in [6, 6.07) is 7.49. The van der Waals surface area contributed by atoms with Gasteiger partial charge in [0.1, 0.15) is 5.82 Å². The van der Waals surface area contributed by atoms with E-state index in [2.05, 4.69) is 23.8 Å². The van der Waals surface area contributed by atoms with Crippen molar-refractivity contribution in [3.8, 4) is 0 Å².